The van der Waals surface area contributed by atoms with Gasteiger partial charge >= 0.3 is 5.97 Å². The Kier molecular flexibility index (Phi) is 6.71. The summed E-state index contributed by atoms with van der Waals surface area (Å²) in [7, 11) is 0. The minimum absolute atomic E-state index is 0.0875. The van der Waals surface area contributed by atoms with E-state index < -0.39 is 12.5 Å². The van der Waals surface area contributed by atoms with Crippen LogP contribution in [0.5, 0.6) is 0 Å². The van der Waals surface area contributed by atoms with Crippen molar-refractivity contribution in [2.24, 2.45) is 5.92 Å². The van der Waals surface area contributed by atoms with Crippen LogP contribution in [0, 0.1) is 25.6 Å². The molecule has 2 rings (SSSR count). The standard InChI is InChI=1S/C20H26FN3O3/c1-13(2)10-24-15(4)18(14(3)22-24)9-19(25)23(12-20(26)27)11-16-5-7-17(21)8-6-16/h5-8,13H,9-12H2,1-4H3,(H,26,27). The lowest BCUT2D eigenvalue weighted by molar-refractivity contribution is -0.144. The van der Waals surface area contributed by atoms with E-state index in [1.54, 1.807) is 12.1 Å². The zero-order chi connectivity index (χ0) is 20.1. The highest BCUT2D eigenvalue weighted by Gasteiger charge is 2.21. The minimum atomic E-state index is -1.09. The number of benzene rings is 1. The number of rotatable bonds is 8. The lowest BCUT2D eigenvalue weighted by atomic mass is 10.1. The maximum atomic E-state index is 13.1. The average Bonchev–Trinajstić information content (AvgIpc) is 2.82. The van der Waals surface area contributed by atoms with Crippen molar-refractivity contribution in [2.75, 3.05) is 6.54 Å². The molecule has 0 aliphatic heterocycles. The van der Waals surface area contributed by atoms with Gasteiger partial charge < -0.3 is 10.0 Å². The number of nitrogens with zero attached hydrogens (tertiary/aromatic N) is 3. The molecular weight excluding hydrogens is 349 g/mol. The van der Waals surface area contributed by atoms with Crippen LogP contribution in [0.25, 0.3) is 0 Å². The topological polar surface area (TPSA) is 75.4 Å². The summed E-state index contributed by atoms with van der Waals surface area (Å²) >= 11 is 0. The molecule has 27 heavy (non-hydrogen) atoms. The van der Waals surface area contributed by atoms with Crippen molar-refractivity contribution < 1.29 is 19.1 Å². The third kappa shape index (κ3) is 5.64. The molecule has 0 atom stereocenters. The summed E-state index contributed by atoms with van der Waals surface area (Å²) in [5.41, 5.74) is 3.20. The van der Waals surface area contributed by atoms with E-state index in [0.717, 1.165) is 23.5 Å². The van der Waals surface area contributed by atoms with Crippen molar-refractivity contribution >= 4 is 11.9 Å². The molecule has 7 heteroatoms. The van der Waals surface area contributed by atoms with Crippen molar-refractivity contribution in [1.82, 2.24) is 14.7 Å². The lowest BCUT2D eigenvalue weighted by Crippen LogP contribution is -2.36. The molecule has 6 nitrogen and oxygen atoms in total. The van der Waals surface area contributed by atoms with Gasteiger partial charge in [-0.05, 0) is 37.5 Å². The van der Waals surface area contributed by atoms with Crippen LogP contribution in [-0.4, -0.2) is 38.2 Å². The summed E-state index contributed by atoms with van der Waals surface area (Å²) in [6, 6.07) is 5.69. The average molecular weight is 375 g/mol. The van der Waals surface area contributed by atoms with Crippen molar-refractivity contribution in [2.45, 2.75) is 47.2 Å². The number of aliphatic carboxylic acids is 1. The van der Waals surface area contributed by atoms with Crippen LogP contribution in [0.4, 0.5) is 4.39 Å². The number of carboxylic acids is 1. The molecule has 1 aromatic carbocycles. The molecule has 1 N–H and O–H groups in total. The van der Waals surface area contributed by atoms with Gasteiger partial charge in [-0.2, -0.15) is 5.10 Å². The third-order valence-electron chi connectivity index (χ3n) is 4.36. The monoisotopic (exact) mass is 375 g/mol. The fraction of sp³-hybridized carbons (Fsp3) is 0.450. The predicted octanol–water partition coefficient (Wildman–Crippen LogP) is 2.95. The quantitative estimate of drug-likeness (QED) is 0.770. The maximum Gasteiger partial charge on any atom is 0.323 e. The van der Waals surface area contributed by atoms with Crippen molar-refractivity contribution in [1.29, 1.82) is 0 Å². The predicted molar refractivity (Wildman–Crippen MR) is 99.7 cm³/mol. The van der Waals surface area contributed by atoms with Crippen LogP contribution < -0.4 is 0 Å². The van der Waals surface area contributed by atoms with Gasteiger partial charge in [0.25, 0.3) is 0 Å². The zero-order valence-electron chi connectivity index (χ0n) is 16.2. The molecule has 1 heterocycles. The number of amides is 1. The normalized spacial score (nSPS) is 11.0. The largest absolute Gasteiger partial charge is 0.480 e. The van der Waals surface area contributed by atoms with Crippen LogP contribution >= 0.6 is 0 Å². The smallest absolute Gasteiger partial charge is 0.323 e. The van der Waals surface area contributed by atoms with Crippen LogP contribution in [-0.2, 0) is 29.1 Å². The van der Waals surface area contributed by atoms with Crippen molar-refractivity contribution in [3.05, 3.63) is 52.6 Å². The van der Waals surface area contributed by atoms with Gasteiger partial charge in [0.1, 0.15) is 12.4 Å². The maximum absolute atomic E-state index is 13.1. The highest BCUT2D eigenvalue weighted by atomic mass is 19.1. The number of carbonyl (C=O) groups is 2. The second-order valence-electron chi connectivity index (χ2n) is 7.17. The van der Waals surface area contributed by atoms with E-state index in [4.69, 9.17) is 5.11 Å². The minimum Gasteiger partial charge on any atom is -0.480 e. The van der Waals surface area contributed by atoms with Gasteiger partial charge in [-0.25, -0.2) is 4.39 Å². The van der Waals surface area contributed by atoms with E-state index in [-0.39, 0.29) is 24.7 Å². The Bertz CT molecular complexity index is 813. The Hall–Kier alpha value is -2.70. The first-order valence-electron chi connectivity index (χ1n) is 8.94. The summed E-state index contributed by atoms with van der Waals surface area (Å²) in [5.74, 6) is -1.33. The molecule has 0 saturated heterocycles. The number of aromatic nitrogens is 2. The Morgan fingerprint density at radius 3 is 2.41 bits per heavy atom. The number of halogens is 1. The van der Waals surface area contributed by atoms with Gasteiger partial charge in [0.15, 0.2) is 0 Å². The highest BCUT2D eigenvalue weighted by Crippen LogP contribution is 2.17. The highest BCUT2D eigenvalue weighted by molar-refractivity contribution is 5.83. The lowest BCUT2D eigenvalue weighted by Gasteiger charge is -2.21. The molecule has 2 aromatic rings. The molecule has 0 spiro atoms. The molecule has 0 aliphatic rings. The molecule has 0 saturated carbocycles. The first-order valence-corrected chi connectivity index (χ1v) is 8.94. The fourth-order valence-electron chi connectivity index (χ4n) is 2.98. The zero-order valence-corrected chi connectivity index (χ0v) is 16.2. The summed E-state index contributed by atoms with van der Waals surface area (Å²) in [5, 5.41) is 13.7. The van der Waals surface area contributed by atoms with E-state index >= 15 is 0 Å². The molecule has 1 amide bonds. The number of hydrogen-bond donors (Lipinski definition) is 1. The van der Waals surface area contributed by atoms with Crippen LogP contribution in [0.15, 0.2) is 24.3 Å². The summed E-state index contributed by atoms with van der Waals surface area (Å²) in [4.78, 5) is 25.3. The molecule has 0 fully saturated rings. The molecule has 0 unspecified atom stereocenters. The van der Waals surface area contributed by atoms with E-state index in [2.05, 4.69) is 18.9 Å². The number of aryl methyl sites for hydroxylation is 1. The van der Waals surface area contributed by atoms with Crippen molar-refractivity contribution in [3.8, 4) is 0 Å². The Morgan fingerprint density at radius 2 is 1.85 bits per heavy atom. The van der Waals surface area contributed by atoms with Crippen LogP contribution in [0.2, 0.25) is 0 Å². The molecule has 0 bridgehead atoms. The van der Waals surface area contributed by atoms with Gasteiger partial charge in [-0.15, -0.1) is 0 Å². The fourth-order valence-corrected chi connectivity index (χ4v) is 2.98. The second-order valence-corrected chi connectivity index (χ2v) is 7.17. The molecular formula is C20H26FN3O3. The Labute approximate surface area is 158 Å². The van der Waals surface area contributed by atoms with Crippen LogP contribution in [0.3, 0.4) is 0 Å². The van der Waals surface area contributed by atoms with Gasteiger partial charge in [-0.3, -0.25) is 14.3 Å². The molecule has 146 valence electrons. The molecule has 0 radical (unpaired) electrons. The van der Waals surface area contributed by atoms with E-state index in [1.807, 2.05) is 18.5 Å². The van der Waals surface area contributed by atoms with Crippen LogP contribution in [0.1, 0.15) is 36.4 Å². The SMILES string of the molecule is Cc1nn(CC(C)C)c(C)c1CC(=O)N(CC(=O)O)Cc1ccc(F)cc1. The van der Waals surface area contributed by atoms with Crippen molar-refractivity contribution in [3.63, 3.8) is 0 Å². The Balaban J connectivity index is 2.19. The van der Waals surface area contributed by atoms with Gasteiger partial charge in [0.2, 0.25) is 5.91 Å². The Morgan fingerprint density at radius 1 is 1.22 bits per heavy atom. The van der Waals surface area contributed by atoms with E-state index in [1.165, 1.54) is 17.0 Å². The van der Waals surface area contributed by atoms with Gasteiger partial charge in [0.05, 0.1) is 12.1 Å². The number of hydrogen-bond acceptors (Lipinski definition) is 3. The summed E-state index contributed by atoms with van der Waals surface area (Å²) in [6.07, 6.45) is 0.0875. The summed E-state index contributed by atoms with van der Waals surface area (Å²) in [6.45, 7) is 8.44. The van der Waals surface area contributed by atoms with E-state index in [0.29, 0.717) is 11.5 Å². The van der Waals surface area contributed by atoms with E-state index in [9.17, 15) is 14.0 Å². The van der Waals surface area contributed by atoms with Gasteiger partial charge in [0, 0.05) is 24.3 Å². The number of carbonyl (C=O) groups excluding carboxylic acids is 1. The summed E-state index contributed by atoms with van der Waals surface area (Å²) < 4.78 is 15.0. The first-order chi connectivity index (χ1) is 12.7. The molecule has 1 aromatic heterocycles. The molecule has 0 aliphatic carbocycles. The second kappa shape index (κ2) is 8.79. The third-order valence-corrected chi connectivity index (χ3v) is 4.36. The first kappa shape index (κ1) is 20.6. The van der Waals surface area contributed by atoms with Gasteiger partial charge in [-0.1, -0.05) is 26.0 Å². The number of carboxylic acid groups (broad SMARTS) is 1.